The van der Waals surface area contributed by atoms with E-state index < -0.39 is 0 Å². The summed E-state index contributed by atoms with van der Waals surface area (Å²) in [4.78, 5) is 22.2. The van der Waals surface area contributed by atoms with Crippen LogP contribution in [0.2, 0.25) is 0 Å². The van der Waals surface area contributed by atoms with E-state index in [0.29, 0.717) is 18.1 Å². The van der Waals surface area contributed by atoms with E-state index in [-0.39, 0.29) is 5.91 Å². The van der Waals surface area contributed by atoms with Gasteiger partial charge in [-0.25, -0.2) is 9.97 Å². The summed E-state index contributed by atoms with van der Waals surface area (Å²) in [5.74, 6) is -0.0890. The van der Waals surface area contributed by atoms with Crippen LogP contribution in [-0.2, 0) is 17.8 Å². The topological polar surface area (TPSA) is 85.6 Å². The van der Waals surface area contributed by atoms with Crippen LogP contribution in [0.3, 0.4) is 0 Å². The van der Waals surface area contributed by atoms with Gasteiger partial charge >= 0.3 is 0 Å². The molecule has 5 aromatic rings. The molecule has 0 bridgehead atoms. The van der Waals surface area contributed by atoms with E-state index in [1.807, 2.05) is 48.5 Å². The second kappa shape index (κ2) is 7.79. The number of para-hydroxylation sites is 3. The van der Waals surface area contributed by atoms with E-state index in [0.717, 1.165) is 50.9 Å². The van der Waals surface area contributed by atoms with Crippen LogP contribution in [0.15, 0.2) is 48.5 Å². The molecular formula is C22H20N6OS. The van der Waals surface area contributed by atoms with Gasteiger partial charge in [-0.3, -0.25) is 4.79 Å². The largest absolute Gasteiger partial charge is 0.323 e. The minimum atomic E-state index is -0.0890. The monoisotopic (exact) mass is 416 g/mol. The molecule has 2 aromatic carbocycles. The van der Waals surface area contributed by atoms with Crippen molar-refractivity contribution in [2.75, 3.05) is 5.32 Å². The van der Waals surface area contributed by atoms with Crippen molar-refractivity contribution in [1.29, 1.82) is 0 Å². The molecule has 0 saturated heterocycles. The van der Waals surface area contributed by atoms with Crippen molar-refractivity contribution < 1.29 is 4.79 Å². The van der Waals surface area contributed by atoms with Crippen molar-refractivity contribution in [1.82, 2.24) is 24.7 Å². The van der Waals surface area contributed by atoms with Crippen LogP contribution < -0.4 is 5.32 Å². The number of nitrogens with zero attached hydrogens (tertiary/aromatic N) is 5. The fourth-order valence-corrected chi connectivity index (χ4v) is 4.48. The first-order chi connectivity index (χ1) is 14.7. The Kier molecular flexibility index (Phi) is 4.84. The zero-order chi connectivity index (χ0) is 20.5. The second-order valence-corrected chi connectivity index (χ2v) is 8.16. The van der Waals surface area contributed by atoms with Crippen LogP contribution in [0, 0.1) is 0 Å². The van der Waals surface area contributed by atoms with Crippen LogP contribution >= 0.6 is 11.3 Å². The third-order valence-corrected chi connectivity index (χ3v) is 5.90. The lowest BCUT2D eigenvalue weighted by Gasteiger charge is -2.07. The number of rotatable bonds is 6. The SMILES string of the molecule is CCCc1nnc(NC(=O)CCn2c3ccccc3c3nc4ccccc4nc32)s1. The Balaban J connectivity index is 1.45. The molecule has 3 aromatic heterocycles. The van der Waals surface area contributed by atoms with Crippen LogP contribution in [0.1, 0.15) is 24.8 Å². The van der Waals surface area contributed by atoms with Gasteiger partial charge in [0.25, 0.3) is 0 Å². The first kappa shape index (κ1) is 18.6. The van der Waals surface area contributed by atoms with Gasteiger partial charge in [0, 0.05) is 24.8 Å². The molecule has 7 nitrogen and oxygen atoms in total. The van der Waals surface area contributed by atoms with Gasteiger partial charge < -0.3 is 9.88 Å². The molecule has 0 radical (unpaired) electrons. The Hall–Kier alpha value is -3.39. The molecule has 150 valence electrons. The predicted octanol–water partition coefficient (Wildman–Crippen LogP) is 4.57. The van der Waals surface area contributed by atoms with Gasteiger partial charge in [0.1, 0.15) is 10.5 Å². The molecule has 0 aliphatic heterocycles. The number of aryl methyl sites for hydroxylation is 2. The van der Waals surface area contributed by atoms with Crippen LogP contribution in [0.4, 0.5) is 5.13 Å². The Labute approximate surface area is 176 Å². The number of aromatic nitrogens is 5. The van der Waals surface area contributed by atoms with Crippen molar-refractivity contribution in [3.05, 3.63) is 53.5 Å². The maximum absolute atomic E-state index is 12.5. The minimum Gasteiger partial charge on any atom is -0.323 e. The van der Waals surface area contributed by atoms with Crippen molar-refractivity contribution >= 4 is 55.5 Å². The first-order valence-electron chi connectivity index (χ1n) is 9.99. The van der Waals surface area contributed by atoms with Crippen LogP contribution in [0.25, 0.3) is 33.1 Å². The van der Waals surface area contributed by atoms with E-state index in [9.17, 15) is 4.79 Å². The number of hydrogen-bond acceptors (Lipinski definition) is 6. The van der Waals surface area contributed by atoms with Crippen LogP contribution in [-0.4, -0.2) is 30.6 Å². The summed E-state index contributed by atoms with van der Waals surface area (Å²) >= 11 is 1.43. The van der Waals surface area contributed by atoms with Gasteiger partial charge in [-0.05, 0) is 24.6 Å². The number of nitrogens with one attached hydrogen (secondary N) is 1. The number of benzene rings is 2. The molecule has 8 heteroatoms. The summed E-state index contributed by atoms with van der Waals surface area (Å²) in [5.41, 5.74) is 4.39. The highest BCUT2D eigenvalue weighted by atomic mass is 32.1. The average molecular weight is 417 g/mol. The quantitative estimate of drug-likeness (QED) is 0.438. The highest BCUT2D eigenvalue weighted by molar-refractivity contribution is 7.15. The summed E-state index contributed by atoms with van der Waals surface area (Å²) < 4.78 is 2.08. The van der Waals surface area contributed by atoms with Crippen molar-refractivity contribution in [2.24, 2.45) is 0 Å². The van der Waals surface area contributed by atoms with Crippen molar-refractivity contribution in [2.45, 2.75) is 32.7 Å². The lowest BCUT2D eigenvalue weighted by Crippen LogP contribution is -2.14. The van der Waals surface area contributed by atoms with Gasteiger partial charge in [0.05, 0.1) is 16.6 Å². The lowest BCUT2D eigenvalue weighted by molar-refractivity contribution is -0.116. The average Bonchev–Trinajstić information content (AvgIpc) is 3.33. The molecule has 30 heavy (non-hydrogen) atoms. The summed E-state index contributed by atoms with van der Waals surface area (Å²) in [6, 6.07) is 15.9. The number of carbonyl (C=O) groups is 1. The lowest BCUT2D eigenvalue weighted by atomic mass is 10.2. The van der Waals surface area contributed by atoms with Gasteiger partial charge in [-0.15, -0.1) is 10.2 Å². The van der Waals surface area contributed by atoms with Gasteiger partial charge in [0.15, 0.2) is 5.65 Å². The maximum atomic E-state index is 12.5. The van der Waals surface area contributed by atoms with E-state index in [1.165, 1.54) is 11.3 Å². The molecule has 0 atom stereocenters. The number of anilines is 1. The van der Waals surface area contributed by atoms with E-state index >= 15 is 0 Å². The third kappa shape index (κ3) is 3.39. The summed E-state index contributed by atoms with van der Waals surface area (Å²) in [6.07, 6.45) is 2.19. The van der Waals surface area contributed by atoms with Crippen molar-refractivity contribution in [3.63, 3.8) is 0 Å². The summed E-state index contributed by atoms with van der Waals surface area (Å²) in [7, 11) is 0. The fraction of sp³-hybridized carbons (Fsp3) is 0.227. The number of carbonyl (C=O) groups excluding carboxylic acids is 1. The Bertz CT molecular complexity index is 1370. The Morgan fingerprint density at radius 3 is 2.63 bits per heavy atom. The highest BCUT2D eigenvalue weighted by Gasteiger charge is 2.15. The predicted molar refractivity (Wildman–Crippen MR) is 120 cm³/mol. The molecule has 0 fully saturated rings. The zero-order valence-electron chi connectivity index (χ0n) is 16.5. The fourth-order valence-electron chi connectivity index (χ4n) is 3.62. The van der Waals surface area contributed by atoms with Gasteiger partial charge in [-0.2, -0.15) is 0 Å². The van der Waals surface area contributed by atoms with E-state index in [2.05, 4.69) is 27.0 Å². The van der Waals surface area contributed by atoms with E-state index in [4.69, 9.17) is 9.97 Å². The summed E-state index contributed by atoms with van der Waals surface area (Å²) in [6.45, 7) is 2.60. The number of fused-ring (bicyclic) bond motifs is 4. The van der Waals surface area contributed by atoms with Crippen LogP contribution in [0.5, 0.6) is 0 Å². The molecule has 0 saturated carbocycles. The molecule has 5 rings (SSSR count). The van der Waals surface area contributed by atoms with Crippen molar-refractivity contribution in [3.8, 4) is 0 Å². The third-order valence-electron chi connectivity index (χ3n) is 5.00. The second-order valence-electron chi connectivity index (χ2n) is 7.10. The molecule has 0 unspecified atom stereocenters. The minimum absolute atomic E-state index is 0.0890. The number of amides is 1. The highest BCUT2D eigenvalue weighted by Crippen LogP contribution is 2.28. The first-order valence-corrected chi connectivity index (χ1v) is 10.8. The summed E-state index contributed by atoms with van der Waals surface area (Å²) in [5, 5.41) is 13.6. The van der Waals surface area contributed by atoms with Gasteiger partial charge in [-0.1, -0.05) is 48.6 Å². The molecule has 3 heterocycles. The number of hydrogen-bond donors (Lipinski definition) is 1. The molecule has 0 aliphatic carbocycles. The zero-order valence-corrected chi connectivity index (χ0v) is 17.3. The Morgan fingerprint density at radius 2 is 1.80 bits per heavy atom. The maximum Gasteiger partial charge on any atom is 0.227 e. The van der Waals surface area contributed by atoms with Gasteiger partial charge in [0.2, 0.25) is 11.0 Å². The molecule has 0 spiro atoms. The van der Waals surface area contributed by atoms with E-state index in [1.54, 1.807) is 0 Å². The molecule has 1 N–H and O–H groups in total. The molecule has 0 aliphatic rings. The normalized spacial score (nSPS) is 11.5. The molecule has 1 amide bonds. The smallest absolute Gasteiger partial charge is 0.227 e. The Morgan fingerprint density at radius 1 is 1.03 bits per heavy atom. The molecular weight excluding hydrogens is 396 g/mol. The standard InChI is InChI=1S/C22H20N6OS/c1-2-7-19-26-27-22(30-19)25-18(29)12-13-28-17-11-6-3-8-14(17)20-21(28)24-16-10-5-4-9-15(16)23-20/h3-6,8-11H,2,7,12-13H2,1H3,(H,25,27,29).